The van der Waals surface area contributed by atoms with Crippen molar-refractivity contribution in [3.8, 4) is 0 Å². The zero-order valence-electron chi connectivity index (χ0n) is 10.6. The average molecular weight is 270 g/mol. The molecule has 2 atom stereocenters. The van der Waals surface area contributed by atoms with Gasteiger partial charge < -0.3 is 15.4 Å². The minimum absolute atomic E-state index is 0.0104. The van der Waals surface area contributed by atoms with E-state index in [9.17, 15) is 13.6 Å². The fourth-order valence-corrected chi connectivity index (χ4v) is 2.05. The SMILES string of the molecule is CC(NC(=O)Nc1ccc(F)cc1F)C1CCCO1. The summed E-state index contributed by atoms with van der Waals surface area (Å²) >= 11 is 0. The Hall–Kier alpha value is -1.69. The number of amides is 2. The minimum Gasteiger partial charge on any atom is -0.376 e. The second-order valence-corrected chi connectivity index (χ2v) is 4.56. The highest BCUT2D eigenvalue weighted by Gasteiger charge is 2.23. The molecule has 1 fully saturated rings. The van der Waals surface area contributed by atoms with Crippen molar-refractivity contribution in [2.24, 2.45) is 0 Å². The summed E-state index contributed by atoms with van der Waals surface area (Å²) in [7, 11) is 0. The van der Waals surface area contributed by atoms with Crippen LogP contribution in [0.4, 0.5) is 19.3 Å². The number of anilines is 1. The lowest BCUT2D eigenvalue weighted by Crippen LogP contribution is -2.43. The number of carbonyl (C=O) groups excluding carboxylic acids is 1. The van der Waals surface area contributed by atoms with Crippen LogP contribution >= 0.6 is 0 Å². The second kappa shape index (κ2) is 5.97. The molecule has 0 radical (unpaired) electrons. The molecule has 2 rings (SSSR count). The number of rotatable bonds is 3. The van der Waals surface area contributed by atoms with E-state index in [0.717, 1.165) is 25.0 Å². The van der Waals surface area contributed by atoms with Crippen LogP contribution in [0.25, 0.3) is 0 Å². The summed E-state index contributed by atoms with van der Waals surface area (Å²) in [5.41, 5.74) is -0.0570. The molecule has 2 N–H and O–H groups in total. The Morgan fingerprint density at radius 2 is 2.26 bits per heavy atom. The van der Waals surface area contributed by atoms with Crippen LogP contribution in [0.1, 0.15) is 19.8 Å². The van der Waals surface area contributed by atoms with Gasteiger partial charge in [-0.05, 0) is 31.9 Å². The summed E-state index contributed by atoms with van der Waals surface area (Å²) in [5.74, 6) is -1.49. The van der Waals surface area contributed by atoms with Gasteiger partial charge in [-0.15, -0.1) is 0 Å². The molecule has 1 aliphatic rings. The number of ether oxygens (including phenoxy) is 1. The molecule has 1 heterocycles. The maximum Gasteiger partial charge on any atom is 0.319 e. The van der Waals surface area contributed by atoms with E-state index < -0.39 is 17.7 Å². The van der Waals surface area contributed by atoms with Crippen LogP contribution in [0.5, 0.6) is 0 Å². The predicted octanol–water partition coefficient (Wildman–Crippen LogP) is 2.65. The summed E-state index contributed by atoms with van der Waals surface area (Å²) in [4.78, 5) is 11.7. The highest BCUT2D eigenvalue weighted by atomic mass is 19.1. The number of nitrogens with one attached hydrogen (secondary N) is 2. The van der Waals surface area contributed by atoms with Crippen molar-refractivity contribution in [1.29, 1.82) is 0 Å². The van der Waals surface area contributed by atoms with Gasteiger partial charge in [0.1, 0.15) is 11.6 Å². The van der Waals surface area contributed by atoms with Crippen molar-refractivity contribution in [1.82, 2.24) is 5.32 Å². The maximum atomic E-state index is 13.3. The van der Waals surface area contributed by atoms with Crippen LogP contribution in [0, 0.1) is 11.6 Å². The Bertz CT molecular complexity index is 462. The molecule has 0 saturated carbocycles. The van der Waals surface area contributed by atoms with E-state index >= 15 is 0 Å². The largest absolute Gasteiger partial charge is 0.376 e. The summed E-state index contributed by atoms with van der Waals surface area (Å²) in [6, 6.07) is 2.29. The molecule has 1 aliphatic heterocycles. The molecule has 6 heteroatoms. The molecule has 2 unspecified atom stereocenters. The first-order chi connectivity index (χ1) is 9.06. The van der Waals surface area contributed by atoms with Crippen LogP contribution in [0.3, 0.4) is 0 Å². The molecule has 2 amide bonds. The number of halogens is 2. The van der Waals surface area contributed by atoms with Crippen molar-refractivity contribution < 1.29 is 18.3 Å². The normalized spacial score (nSPS) is 20.1. The Kier molecular flexibility index (Phi) is 4.31. The molecule has 0 spiro atoms. The molecule has 0 aromatic heterocycles. The first kappa shape index (κ1) is 13.7. The van der Waals surface area contributed by atoms with E-state index in [1.54, 1.807) is 0 Å². The number of urea groups is 1. The third-order valence-corrected chi connectivity index (χ3v) is 3.06. The monoisotopic (exact) mass is 270 g/mol. The van der Waals surface area contributed by atoms with Crippen molar-refractivity contribution in [2.45, 2.75) is 31.9 Å². The van der Waals surface area contributed by atoms with Crippen molar-refractivity contribution in [2.75, 3.05) is 11.9 Å². The fourth-order valence-electron chi connectivity index (χ4n) is 2.05. The third-order valence-electron chi connectivity index (χ3n) is 3.06. The van der Waals surface area contributed by atoms with Gasteiger partial charge in [-0.3, -0.25) is 0 Å². The predicted molar refractivity (Wildman–Crippen MR) is 66.9 cm³/mol. The lowest BCUT2D eigenvalue weighted by Gasteiger charge is -2.20. The van der Waals surface area contributed by atoms with Crippen LogP contribution in [-0.2, 0) is 4.74 Å². The molecule has 0 bridgehead atoms. The fraction of sp³-hybridized carbons (Fsp3) is 0.462. The van der Waals surface area contributed by atoms with E-state index in [-0.39, 0.29) is 17.8 Å². The summed E-state index contributed by atoms with van der Waals surface area (Å²) in [5, 5.41) is 5.02. The number of hydrogen-bond acceptors (Lipinski definition) is 2. The molecular weight excluding hydrogens is 254 g/mol. The summed E-state index contributed by atoms with van der Waals surface area (Å²) in [6.07, 6.45) is 1.86. The van der Waals surface area contributed by atoms with E-state index in [1.165, 1.54) is 6.07 Å². The van der Waals surface area contributed by atoms with Gasteiger partial charge in [0.2, 0.25) is 0 Å². The molecule has 1 saturated heterocycles. The van der Waals surface area contributed by atoms with Gasteiger partial charge in [-0.1, -0.05) is 0 Å². The van der Waals surface area contributed by atoms with Gasteiger partial charge in [-0.2, -0.15) is 0 Å². The average Bonchev–Trinajstić information content (AvgIpc) is 2.86. The highest BCUT2D eigenvalue weighted by molar-refractivity contribution is 5.89. The quantitative estimate of drug-likeness (QED) is 0.887. The summed E-state index contributed by atoms with van der Waals surface area (Å²) < 4.78 is 31.5. The van der Waals surface area contributed by atoms with Crippen LogP contribution < -0.4 is 10.6 Å². The van der Waals surface area contributed by atoms with Crippen LogP contribution in [-0.4, -0.2) is 24.8 Å². The zero-order valence-corrected chi connectivity index (χ0v) is 10.6. The Balaban J connectivity index is 1.89. The molecule has 4 nitrogen and oxygen atoms in total. The lowest BCUT2D eigenvalue weighted by molar-refractivity contribution is 0.0868. The van der Waals surface area contributed by atoms with E-state index in [0.29, 0.717) is 6.61 Å². The zero-order chi connectivity index (χ0) is 13.8. The van der Waals surface area contributed by atoms with Crippen molar-refractivity contribution in [3.05, 3.63) is 29.8 Å². The molecule has 104 valence electrons. The van der Waals surface area contributed by atoms with Crippen molar-refractivity contribution in [3.63, 3.8) is 0 Å². The van der Waals surface area contributed by atoms with Gasteiger partial charge in [0.05, 0.1) is 17.8 Å². The van der Waals surface area contributed by atoms with Crippen molar-refractivity contribution >= 4 is 11.7 Å². The molecule has 0 aliphatic carbocycles. The van der Waals surface area contributed by atoms with Gasteiger partial charge in [0.25, 0.3) is 0 Å². The lowest BCUT2D eigenvalue weighted by atomic mass is 10.1. The standard InChI is InChI=1S/C13H16F2N2O2/c1-8(12-3-2-6-19-12)16-13(18)17-11-5-4-9(14)7-10(11)15/h4-5,7-8,12H,2-3,6H2,1H3,(H2,16,17,18). The topological polar surface area (TPSA) is 50.4 Å². The van der Waals surface area contributed by atoms with Crippen LogP contribution in [0.2, 0.25) is 0 Å². The Morgan fingerprint density at radius 3 is 2.89 bits per heavy atom. The number of benzene rings is 1. The molecular formula is C13H16F2N2O2. The first-order valence-electron chi connectivity index (χ1n) is 6.20. The third kappa shape index (κ3) is 3.64. The van der Waals surface area contributed by atoms with Gasteiger partial charge >= 0.3 is 6.03 Å². The second-order valence-electron chi connectivity index (χ2n) is 4.56. The molecule has 1 aromatic rings. The highest BCUT2D eigenvalue weighted by Crippen LogP contribution is 2.17. The maximum absolute atomic E-state index is 13.3. The molecule has 1 aromatic carbocycles. The summed E-state index contributed by atoms with van der Waals surface area (Å²) in [6.45, 7) is 2.53. The van der Waals surface area contributed by atoms with E-state index in [4.69, 9.17) is 4.74 Å². The Morgan fingerprint density at radius 1 is 1.47 bits per heavy atom. The van der Waals surface area contributed by atoms with E-state index in [2.05, 4.69) is 10.6 Å². The smallest absolute Gasteiger partial charge is 0.319 e. The number of hydrogen-bond donors (Lipinski definition) is 2. The minimum atomic E-state index is -0.806. The van der Waals surface area contributed by atoms with Gasteiger partial charge in [0, 0.05) is 12.7 Å². The number of carbonyl (C=O) groups is 1. The molecule has 19 heavy (non-hydrogen) atoms. The van der Waals surface area contributed by atoms with Gasteiger partial charge in [-0.25, -0.2) is 13.6 Å². The Labute approximate surface area is 110 Å². The van der Waals surface area contributed by atoms with E-state index in [1.807, 2.05) is 6.92 Å². The van der Waals surface area contributed by atoms with Gasteiger partial charge in [0.15, 0.2) is 0 Å². The van der Waals surface area contributed by atoms with Crippen LogP contribution in [0.15, 0.2) is 18.2 Å². The first-order valence-corrected chi connectivity index (χ1v) is 6.20.